The number of anilines is 3. The first-order chi connectivity index (χ1) is 21.2. The van der Waals surface area contributed by atoms with Crippen molar-refractivity contribution in [1.29, 1.82) is 5.26 Å². The van der Waals surface area contributed by atoms with E-state index in [2.05, 4.69) is 28.9 Å². The van der Waals surface area contributed by atoms with Crippen LogP contribution in [0.5, 0.6) is 0 Å². The SMILES string of the molecule is CCc1nc2c(C)cc(N3CC4(CCN(CC(=O)N5CC(O)C5)C4)C3)nn2c1N(C)c1nc(-c2ccc(F)cc2)c(C#N)s1. The van der Waals surface area contributed by atoms with E-state index >= 15 is 0 Å². The molecule has 3 aliphatic heterocycles. The Morgan fingerprint density at radius 3 is 2.66 bits per heavy atom. The summed E-state index contributed by atoms with van der Waals surface area (Å²) in [7, 11) is 1.91. The van der Waals surface area contributed by atoms with Crippen LogP contribution in [0, 0.1) is 29.5 Å². The summed E-state index contributed by atoms with van der Waals surface area (Å²) in [5, 5.41) is 25.1. The number of aromatic nitrogens is 4. The zero-order valence-electron chi connectivity index (χ0n) is 25.0. The third kappa shape index (κ3) is 4.87. The Labute approximate surface area is 258 Å². The van der Waals surface area contributed by atoms with Crippen LogP contribution in [0.15, 0.2) is 30.3 Å². The van der Waals surface area contributed by atoms with Gasteiger partial charge < -0.3 is 19.8 Å². The molecular weight excluding hydrogens is 581 g/mol. The Morgan fingerprint density at radius 2 is 1.98 bits per heavy atom. The molecule has 11 nitrogen and oxygen atoms in total. The molecule has 3 fully saturated rings. The number of rotatable bonds is 7. The second kappa shape index (κ2) is 10.8. The molecule has 0 aliphatic carbocycles. The van der Waals surface area contributed by atoms with Crippen LogP contribution >= 0.6 is 11.3 Å². The number of hydrogen-bond donors (Lipinski definition) is 1. The predicted molar refractivity (Wildman–Crippen MR) is 166 cm³/mol. The number of aryl methyl sites for hydroxylation is 2. The number of carbonyl (C=O) groups excluding carboxylic acids is 1. The van der Waals surface area contributed by atoms with Crippen LogP contribution in [0.1, 0.15) is 29.5 Å². The fourth-order valence-corrected chi connectivity index (χ4v) is 7.48. The Hall–Kier alpha value is -4.12. The molecule has 44 heavy (non-hydrogen) atoms. The molecule has 7 rings (SSSR count). The summed E-state index contributed by atoms with van der Waals surface area (Å²) in [6, 6.07) is 10.4. The fraction of sp³-hybridized carbons (Fsp3) is 0.452. The number of likely N-dealkylation sites (tertiary alicyclic amines) is 2. The van der Waals surface area contributed by atoms with E-state index in [0.717, 1.165) is 61.1 Å². The molecular formula is C31H34FN9O2S. The number of amides is 1. The zero-order chi connectivity index (χ0) is 30.7. The van der Waals surface area contributed by atoms with Crippen LogP contribution in [0.3, 0.4) is 0 Å². The third-order valence-corrected chi connectivity index (χ3v) is 10.1. The van der Waals surface area contributed by atoms with E-state index < -0.39 is 0 Å². The number of fused-ring (bicyclic) bond motifs is 1. The summed E-state index contributed by atoms with van der Waals surface area (Å²) in [5.41, 5.74) is 4.03. The highest BCUT2D eigenvalue weighted by molar-refractivity contribution is 7.16. The molecule has 1 amide bonds. The third-order valence-electron chi connectivity index (χ3n) is 9.04. The van der Waals surface area contributed by atoms with Crippen molar-refractivity contribution in [1.82, 2.24) is 29.4 Å². The van der Waals surface area contributed by atoms with Gasteiger partial charge in [-0.15, -0.1) is 5.10 Å². The van der Waals surface area contributed by atoms with E-state index in [1.165, 1.54) is 23.5 Å². The van der Waals surface area contributed by atoms with Crippen LogP contribution < -0.4 is 9.80 Å². The summed E-state index contributed by atoms with van der Waals surface area (Å²) in [5.74, 6) is 1.44. The van der Waals surface area contributed by atoms with Crippen LogP contribution in [0.4, 0.5) is 21.2 Å². The number of carbonyl (C=O) groups is 1. The maximum Gasteiger partial charge on any atom is 0.236 e. The average molecular weight is 616 g/mol. The predicted octanol–water partition coefficient (Wildman–Crippen LogP) is 3.22. The van der Waals surface area contributed by atoms with Gasteiger partial charge in [-0.05, 0) is 62.2 Å². The standard InChI is InChI=1S/C31H34FN9O2S/c1-4-23-29(37(3)30-35-27(24(12-33)44-30)20-5-7-21(32)8-6-20)41-28(34-23)19(2)11-25(36-41)40-17-31(18-40)9-10-38(16-31)15-26(43)39-13-22(42)14-39/h5-8,11,22,42H,4,9-10,13-18H2,1-3H3. The topological polar surface area (TPSA) is 117 Å². The van der Waals surface area contributed by atoms with Crippen molar-refractivity contribution in [3.8, 4) is 17.3 Å². The van der Waals surface area contributed by atoms with Gasteiger partial charge in [0, 0.05) is 50.7 Å². The summed E-state index contributed by atoms with van der Waals surface area (Å²) >= 11 is 1.28. The molecule has 0 saturated carbocycles. The molecule has 6 heterocycles. The molecule has 3 saturated heterocycles. The first kappa shape index (κ1) is 28.6. The molecule has 0 unspecified atom stereocenters. The number of nitriles is 1. The number of thiazole rings is 1. The number of nitrogens with zero attached hydrogens (tertiary/aromatic N) is 9. The molecule has 1 aromatic carbocycles. The van der Waals surface area contributed by atoms with E-state index in [9.17, 15) is 19.6 Å². The summed E-state index contributed by atoms with van der Waals surface area (Å²) < 4.78 is 15.4. The van der Waals surface area contributed by atoms with Gasteiger partial charge in [-0.3, -0.25) is 9.69 Å². The van der Waals surface area contributed by atoms with Crippen molar-refractivity contribution < 1.29 is 14.3 Å². The summed E-state index contributed by atoms with van der Waals surface area (Å²) in [6.45, 7) is 8.94. The molecule has 228 valence electrons. The minimum absolute atomic E-state index is 0.0988. The van der Waals surface area contributed by atoms with Gasteiger partial charge in [-0.2, -0.15) is 9.78 Å². The zero-order valence-corrected chi connectivity index (χ0v) is 25.8. The second-order valence-corrected chi connectivity index (χ2v) is 13.3. The molecule has 0 bridgehead atoms. The lowest BCUT2D eigenvalue weighted by atomic mass is 9.79. The smallest absolute Gasteiger partial charge is 0.236 e. The monoisotopic (exact) mass is 615 g/mol. The van der Waals surface area contributed by atoms with Crippen molar-refractivity contribution in [2.45, 2.75) is 32.8 Å². The van der Waals surface area contributed by atoms with E-state index in [1.807, 2.05) is 23.4 Å². The van der Waals surface area contributed by atoms with Gasteiger partial charge in [-0.1, -0.05) is 18.3 Å². The van der Waals surface area contributed by atoms with Crippen molar-refractivity contribution in [3.05, 3.63) is 52.3 Å². The lowest BCUT2D eigenvalue weighted by molar-refractivity contribution is -0.142. The quantitative estimate of drug-likeness (QED) is 0.335. The highest BCUT2D eigenvalue weighted by Gasteiger charge is 2.48. The number of hydrogen-bond acceptors (Lipinski definition) is 10. The fourth-order valence-electron chi connectivity index (χ4n) is 6.63. The van der Waals surface area contributed by atoms with E-state index in [1.54, 1.807) is 17.0 Å². The van der Waals surface area contributed by atoms with Crippen LogP contribution in [0.2, 0.25) is 0 Å². The van der Waals surface area contributed by atoms with Crippen molar-refractivity contribution >= 4 is 39.7 Å². The van der Waals surface area contributed by atoms with Gasteiger partial charge in [-0.25, -0.2) is 14.4 Å². The van der Waals surface area contributed by atoms with Crippen LogP contribution in [-0.4, -0.2) is 99.4 Å². The van der Waals surface area contributed by atoms with Gasteiger partial charge >= 0.3 is 0 Å². The van der Waals surface area contributed by atoms with Gasteiger partial charge in [0.25, 0.3) is 0 Å². The maximum atomic E-state index is 13.6. The maximum absolute atomic E-state index is 13.6. The van der Waals surface area contributed by atoms with E-state index in [-0.39, 0.29) is 23.2 Å². The lowest BCUT2D eigenvalue weighted by Crippen LogP contribution is -2.59. The van der Waals surface area contributed by atoms with Crippen LogP contribution in [-0.2, 0) is 11.2 Å². The minimum Gasteiger partial charge on any atom is -0.389 e. The van der Waals surface area contributed by atoms with Gasteiger partial charge in [0.15, 0.2) is 16.6 Å². The minimum atomic E-state index is -0.378. The Bertz CT molecular complexity index is 1780. The van der Waals surface area contributed by atoms with Crippen molar-refractivity contribution in [2.24, 2.45) is 5.41 Å². The molecule has 3 aliphatic rings. The summed E-state index contributed by atoms with van der Waals surface area (Å²) in [4.78, 5) is 30.9. The van der Waals surface area contributed by atoms with E-state index in [0.29, 0.717) is 47.3 Å². The molecule has 1 N–H and O–H groups in total. The van der Waals surface area contributed by atoms with Crippen molar-refractivity contribution in [3.63, 3.8) is 0 Å². The number of halogens is 1. The molecule has 4 aromatic rings. The first-order valence-corrected chi connectivity index (χ1v) is 15.7. The number of imidazole rings is 1. The number of benzene rings is 1. The highest BCUT2D eigenvalue weighted by Crippen LogP contribution is 2.42. The molecule has 0 atom stereocenters. The lowest BCUT2D eigenvalue weighted by Gasteiger charge is -2.49. The Kier molecular flexibility index (Phi) is 7.03. The number of aliphatic hydroxyl groups is 1. The summed E-state index contributed by atoms with van der Waals surface area (Å²) in [6.07, 6.45) is 1.36. The van der Waals surface area contributed by atoms with Crippen LogP contribution in [0.25, 0.3) is 16.9 Å². The molecule has 3 aromatic heterocycles. The average Bonchev–Trinajstić information content (AvgIpc) is 3.70. The molecule has 13 heteroatoms. The van der Waals surface area contributed by atoms with Crippen molar-refractivity contribution in [2.75, 3.05) is 62.7 Å². The second-order valence-electron chi connectivity index (χ2n) is 12.3. The van der Waals surface area contributed by atoms with E-state index in [4.69, 9.17) is 15.1 Å². The number of β-amino-alcohol motifs (C(OH)–C–C–N with tert-alkyl or cyclic N) is 1. The molecule has 0 radical (unpaired) electrons. The first-order valence-electron chi connectivity index (χ1n) is 14.9. The highest BCUT2D eigenvalue weighted by atomic mass is 32.1. The normalized spacial score (nSPS) is 18.1. The van der Waals surface area contributed by atoms with Gasteiger partial charge in [0.05, 0.1) is 18.3 Å². The van der Waals surface area contributed by atoms with Gasteiger partial charge in [0.1, 0.15) is 28.3 Å². The number of aliphatic hydroxyl groups excluding tert-OH is 1. The van der Waals surface area contributed by atoms with Gasteiger partial charge in [0.2, 0.25) is 5.91 Å². The molecule has 1 spiro atoms. The Balaban J connectivity index is 1.13. The Morgan fingerprint density at radius 1 is 1.23 bits per heavy atom. The largest absolute Gasteiger partial charge is 0.389 e.